The maximum atomic E-state index is 11.9. The van der Waals surface area contributed by atoms with Crippen LogP contribution in [-0.2, 0) is 9.59 Å². The molecule has 2 aromatic rings. The van der Waals surface area contributed by atoms with Crippen LogP contribution in [0.3, 0.4) is 0 Å². The van der Waals surface area contributed by atoms with Crippen molar-refractivity contribution in [2.45, 2.75) is 6.42 Å². The van der Waals surface area contributed by atoms with E-state index in [4.69, 9.17) is 16.7 Å². The van der Waals surface area contributed by atoms with Gasteiger partial charge in [-0.1, -0.05) is 11.6 Å². The highest BCUT2D eigenvalue weighted by Crippen LogP contribution is 2.32. The van der Waals surface area contributed by atoms with Crippen LogP contribution >= 0.6 is 22.9 Å². The van der Waals surface area contributed by atoms with Crippen LogP contribution in [0.25, 0.3) is 10.2 Å². The third-order valence-electron chi connectivity index (χ3n) is 3.13. The van der Waals surface area contributed by atoms with Crippen LogP contribution in [0.1, 0.15) is 6.42 Å². The van der Waals surface area contributed by atoms with E-state index >= 15 is 0 Å². The number of fused-ring (bicyclic) bond motifs is 1. The van der Waals surface area contributed by atoms with Crippen LogP contribution in [0.2, 0.25) is 4.47 Å². The van der Waals surface area contributed by atoms with E-state index in [-0.39, 0.29) is 18.9 Å². The minimum atomic E-state index is -0.933. The first-order valence-corrected chi connectivity index (χ1v) is 6.83. The van der Waals surface area contributed by atoms with Crippen molar-refractivity contribution in [1.29, 1.82) is 0 Å². The van der Waals surface area contributed by atoms with Crippen molar-refractivity contribution in [3.8, 4) is 0 Å². The van der Waals surface area contributed by atoms with Gasteiger partial charge in [-0.3, -0.25) is 9.59 Å². The second-order valence-corrected chi connectivity index (χ2v) is 5.98. The standard InChI is InChI=1S/C12H9ClN2O3S/c13-12-14-8-2-1-7(4-9(8)19-12)15-5-6(11(17)18)3-10(15)16/h1-2,4,6H,3,5H2,(H,17,18). The molecule has 2 heterocycles. The highest BCUT2D eigenvalue weighted by Gasteiger charge is 2.35. The number of thiazole rings is 1. The van der Waals surface area contributed by atoms with Crippen molar-refractivity contribution in [3.63, 3.8) is 0 Å². The van der Waals surface area contributed by atoms with Gasteiger partial charge in [0, 0.05) is 18.7 Å². The smallest absolute Gasteiger partial charge is 0.308 e. The second-order valence-electron chi connectivity index (χ2n) is 4.36. The Morgan fingerprint density at radius 2 is 2.32 bits per heavy atom. The summed E-state index contributed by atoms with van der Waals surface area (Å²) in [5.74, 6) is -1.73. The van der Waals surface area contributed by atoms with Gasteiger partial charge in [0.2, 0.25) is 5.91 Å². The molecule has 1 N–H and O–H groups in total. The Bertz CT molecular complexity index is 685. The summed E-state index contributed by atoms with van der Waals surface area (Å²) < 4.78 is 1.33. The number of rotatable bonds is 2. The van der Waals surface area contributed by atoms with Crippen LogP contribution in [0.4, 0.5) is 5.69 Å². The van der Waals surface area contributed by atoms with Crippen molar-refractivity contribution in [3.05, 3.63) is 22.7 Å². The van der Waals surface area contributed by atoms with Gasteiger partial charge in [0.05, 0.1) is 16.1 Å². The number of carbonyl (C=O) groups is 2. The number of carbonyl (C=O) groups excluding carboxylic acids is 1. The minimum Gasteiger partial charge on any atom is -0.481 e. The maximum absolute atomic E-state index is 11.9. The van der Waals surface area contributed by atoms with Crippen LogP contribution in [0.15, 0.2) is 18.2 Å². The first-order chi connectivity index (χ1) is 9.04. The Morgan fingerprint density at radius 1 is 1.53 bits per heavy atom. The Hall–Kier alpha value is -1.66. The van der Waals surface area contributed by atoms with Gasteiger partial charge >= 0.3 is 5.97 Å². The summed E-state index contributed by atoms with van der Waals surface area (Å²) >= 11 is 7.17. The molecule has 1 aliphatic heterocycles. The molecule has 1 fully saturated rings. The number of halogens is 1. The number of hydrogen-bond acceptors (Lipinski definition) is 4. The monoisotopic (exact) mass is 296 g/mol. The molecule has 0 bridgehead atoms. The average Bonchev–Trinajstić information content (AvgIpc) is 2.90. The minimum absolute atomic E-state index is 0.0524. The fourth-order valence-corrected chi connectivity index (χ4v) is 3.24. The maximum Gasteiger partial charge on any atom is 0.308 e. The molecule has 1 amide bonds. The molecule has 0 saturated carbocycles. The average molecular weight is 297 g/mol. The van der Waals surface area contributed by atoms with E-state index in [0.29, 0.717) is 10.2 Å². The molecule has 0 spiro atoms. The van der Waals surface area contributed by atoms with Crippen LogP contribution in [0, 0.1) is 5.92 Å². The third-order valence-corrected chi connectivity index (χ3v) is 4.25. The van der Waals surface area contributed by atoms with E-state index in [0.717, 1.165) is 10.2 Å². The molecule has 1 atom stereocenters. The van der Waals surface area contributed by atoms with Gasteiger partial charge in [0.25, 0.3) is 0 Å². The summed E-state index contributed by atoms with van der Waals surface area (Å²) in [5, 5.41) is 8.97. The SMILES string of the molecule is O=C(O)C1CC(=O)N(c2ccc3nc(Cl)sc3c2)C1. The number of hydrogen-bond donors (Lipinski definition) is 1. The normalized spacial score (nSPS) is 19.3. The van der Waals surface area contributed by atoms with Crippen LogP contribution in [0.5, 0.6) is 0 Å². The summed E-state index contributed by atoms with van der Waals surface area (Å²) in [4.78, 5) is 28.4. The lowest BCUT2D eigenvalue weighted by Crippen LogP contribution is -2.25. The number of anilines is 1. The van der Waals surface area contributed by atoms with Crippen molar-refractivity contribution >= 4 is 50.7 Å². The van der Waals surface area contributed by atoms with E-state index in [1.165, 1.54) is 16.2 Å². The predicted molar refractivity (Wildman–Crippen MR) is 72.7 cm³/mol. The van der Waals surface area contributed by atoms with E-state index in [9.17, 15) is 9.59 Å². The van der Waals surface area contributed by atoms with Crippen molar-refractivity contribution in [2.75, 3.05) is 11.4 Å². The Kier molecular flexibility index (Phi) is 2.91. The molecule has 1 aliphatic rings. The Balaban J connectivity index is 1.95. The first kappa shape index (κ1) is 12.4. The lowest BCUT2D eigenvalue weighted by atomic mass is 10.1. The number of aromatic nitrogens is 1. The van der Waals surface area contributed by atoms with Gasteiger partial charge in [-0.15, -0.1) is 11.3 Å². The van der Waals surface area contributed by atoms with Crippen molar-refractivity contribution < 1.29 is 14.7 Å². The molecule has 1 aromatic heterocycles. The zero-order valence-corrected chi connectivity index (χ0v) is 11.2. The van der Waals surface area contributed by atoms with Gasteiger partial charge in [0.1, 0.15) is 0 Å². The Morgan fingerprint density at radius 3 is 3.00 bits per heavy atom. The van der Waals surface area contributed by atoms with E-state index in [1.807, 2.05) is 6.07 Å². The lowest BCUT2D eigenvalue weighted by Gasteiger charge is -2.15. The molecule has 19 heavy (non-hydrogen) atoms. The fourth-order valence-electron chi connectivity index (χ4n) is 2.18. The molecule has 3 rings (SSSR count). The number of amides is 1. The molecule has 98 valence electrons. The summed E-state index contributed by atoms with van der Waals surface area (Å²) in [7, 11) is 0. The van der Waals surface area contributed by atoms with Gasteiger partial charge in [-0.2, -0.15) is 0 Å². The number of nitrogens with zero attached hydrogens (tertiary/aromatic N) is 2. The molecule has 5 nitrogen and oxygen atoms in total. The molecule has 0 radical (unpaired) electrons. The van der Waals surface area contributed by atoms with Crippen molar-refractivity contribution in [2.24, 2.45) is 5.92 Å². The largest absolute Gasteiger partial charge is 0.481 e. The summed E-state index contributed by atoms with van der Waals surface area (Å²) in [5.41, 5.74) is 1.47. The molecular formula is C12H9ClN2O3S. The molecule has 7 heteroatoms. The summed E-state index contributed by atoms with van der Waals surface area (Å²) in [6.07, 6.45) is 0.0524. The molecule has 0 aliphatic carbocycles. The Labute approximate surface area is 117 Å². The number of carboxylic acids is 1. The zero-order chi connectivity index (χ0) is 13.6. The predicted octanol–water partition coefficient (Wildman–Crippen LogP) is 2.39. The van der Waals surface area contributed by atoms with Gasteiger partial charge in [0.15, 0.2) is 4.47 Å². The summed E-state index contributed by atoms with van der Waals surface area (Å²) in [6.45, 7) is 0.214. The molecule has 1 saturated heterocycles. The molecule has 1 unspecified atom stereocenters. The number of aliphatic carboxylic acids is 1. The van der Waals surface area contributed by atoms with Gasteiger partial charge in [-0.05, 0) is 18.2 Å². The third kappa shape index (κ3) is 2.17. The molecular weight excluding hydrogens is 288 g/mol. The van der Waals surface area contributed by atoms with E-state index < -0.39 is 11.9 Å². The molecule has 1 aromatic carbocycles. The quantitative estimate of drug-likeness (QED) is 0.924. The van der Waals surface area contributed by atoms with Crippen LogP contribution in [-0.4, -0.2) is 28.5 Å². The number of carboxylic acid groups (broad SMARTS) is 1. The number of benzene rings is 1. The van der Waals surface area contributed by atoms with Gasteiger partial charge in [-0.25, -0.2) is 4.98 Å². The van der Waals surface area contributed by atoms with Crippen LogP contribution < -0.4 is 4.90 Å². The summed E-state index contributed by atoms with van der Waals surface area (Å²) in [6, 6.07) is 5.37. The zero-order valence-electron chi connectivity index (χ0n) is 9.67. The second kappa shape index (κ2) is 4.47. The lowest BCUT2D eigenvalue weighted by molar-refractivity contribution is -0.141. The highest BCUT2D eigenvalue weighted by molar-refractivity contribution is 7.22. The fraction of sp³-hybridized carbons (Fsp3) is 0.250. The highest BCUT2D eigenvalue weighted by atomic mass is 35.5. The van der Waals surface area contributed by atoms with E-state index in [2.05, 4.69) is 4.98 Å². The topological polar surface area (TPSA) is 70.5 Å². The first-order valence-electron chi connectivity index (χ1n) is 5.64. The van der Waals surface area contributed by atoms with Gasteiger partial charge < -0.3 is 10.0 Å². The van der Waals surface area contributed by atoms with Crippen molar-refractivity contribution in [1.82, 2.24) is 4.98 Å². The van der Waals surface area contributed by atoms with E-state index in [1.54, 1.807) is 12.1 Å².